The standard InChI is InChI=1S/C7H11F3O3/c1-3-13-6(12)4(2)5(11)7(8,9)10/h4-5,11H,3H2,1-2H3/t4-,5?/m1/s1. The molecule has 0 saturated carbocycles. The van der Waals surface area contributed by atoms with Crippen LogP contribution in [0.4, 0.5) is 13.2 Å². The van der Waals surface area contributed by atoms with Gasteiger partial charge in [-0.15, -0.1) is 0 Å². The van der Waals surface area contributed by atoms with Crippen LogP contribution in [-0.4, -0.2) is 30.0 Å². The third-order valence-electron chi connectivity index (χ3n) is 1.47. The van der Waals surface area contributed by atoms with Gasteiger partial charge in [0.25, 0.3) is 0 Å². The van der Waals surface area contributed by atoms with Gasteiger partial charge in [0, 0.05) is 0 Å². The van der Waals surface area contributed by atoms with Crippen molar-refractivity contribution >= 4 is 5.97 Å². The molecular formula is C7H11F3O3. The molecule has 0 aromatic rings. The van der Waals surface area contributed by atoms with Crippen LogP contribution in [0, 0.1) is 5.92 Å². The van der Waals surface area contributed by atoms with Gasteiger partial charge in [0.15, 0.2) is 6.10 Å². The number of carbonyl (C=O) groups is 1. The van der Waals surface area contributed by atoms with E-state index in [0.29, 0.717) is 0 Å². The molecule has 0 radical (unpaired) electrons. The van der Waals surface area contributed by atoms with E-state index in [1.165, 1.54) is 6.92 Å². The van der Waals surface area contributed by atoms with Gasteiger partial charge in [0.1, 0.15) is 0 Å². The van der Waals surface area contributed by atoms with E-state index in [2.05, 4.69) is 4.74 Å². The molecule has 1 unspecified atom stereocenters. The van der Waals surface area contributed by atoms with Gasteiger partial charge < -0.3 is 9.84 Å². The van der Waals surface area contributed by atoms with E-state index in [1.54, 1.807) is 0 Å². The minimum Gasteiger partial charge on any atom is -0.466 e. The number of rotatable bonds is 3. The molecular weight excluding hydrogens is 189 g/mol. The quantitative estimate of drug-likeness (QED) is 0.694. The predicted octanol–water partition coefficient (Wildman–Crippen LogP) is 1.11. The van der Waals surface area contributed by atoms with Crippen molar-refractivity contribution in [3.05, 3.63) is 0 Å². The maximum Gasteiger partial charge on any atom is 0.415 e. The van der Waals surface area contributed by atoms with Gasteiger partial charge in [-0.1, -0.05) is 0 Å². The summed E-state index contributed by atoms with van der Waals surface area (Å²) in [6, 6.07) is 0. The Kier molecular flexibility index (Phi) is 4.19. The second-order valence-electron chi connectivity index (χ2n) is 2.53. The van der Waals surface area contributed by atoms with Crippen molar-refractivity contribution in [3.8, 4) is 0 Å². The molecule has 0 spiro atoms. The van der Waals surface area contributed by atoms with Gasteiger partial charge in [0.05, 0.1) is 12.5 Å². The highest BCUT2D eigenvalue weighted by atomic mass is 19.4. The second-order valence-corrected chi connectivity index (χ2v) is 2.53. The molecule has 0 amide bonds. The average Bonchev–Trinajstić information content (AvgIpc) is 2.00. The van der Waals surface area contributed by atoms with Crippen molar-refractivity contribution in [2.75, 3.05) is 6.61 Å². The first-order valence-corrected chi connectivity index (χ1v) is 3.72. The van der Waals surface area contributed by atoms with Crippen molar-refractivity contribution in [1.82, 2.24) is 0 Å². The third kappa shape index (κ3) is 3.63. The molecule has 0 rings (SSSR count). The zero-order chi connectivity index (χ0) is 10.6. The van der Waals surface area contributed by atoms with Gasteiger partial charge in [-0.3, -0.25) is 4.79 Å². The maximum atomic E-state index is 11.8. The number of carbonyl (C=O) groups excluding carboxylic acids is 1. The van der Waals surface area contributed by atoms with Gasteiger partial charge in [-0.05, 0) is 13.8 Å². The zero-order valence-electron chi connectivity index (χ0n) is 7.26. The fourth-order valence-electron chi connectivity index (χ4n) is 0.686. The largest absolute Gasteiger partial charge is 0.466 e. The molecule has 0 fully saturated rings. The number of halogens is 3. The Morgan fingerprint density at radius 2 is 2.00 bits per heavy atom. The maximum absolute atomic E-state index is 11.8. The lowest BCUT2D eigenvalue weighted by Crippen LogP contribution is -2.39. The van der Waals surface area contributed by atoms with Crippen molar-refractivity contribution in [2.45, 2.75) is 26.1 Å². The zero-order valence-corrected chi connectivity index (χ0v) is 7.26. The van der Waals surface area contributed by atoms with Gasteiger partial charge in [-0.2, -0.15) is 13.2 Å². The smallest absolute Gasteiger partial charge is 0.415 e. The van der Waals surface area contributed by atoms with E-state index in [1.807, 2.05) is 0 Å². The van der Waals surface area contributed by atoms with Crippen LogP contribution >= 0.6 is 0 Å². The molecule has 13 heavy (non-hydrogen) atoms. The fourth-order valence-corrected chi connectivity index (χ4v) is 0.686. The van der Waals surface area contributed by atoms with E-state index in [0.717, 1.165) is 6.92 Å². The summed E-state index contributed by atoms with van der Waals surface area (Å²) in [6.07, 6.45) is -7.45. The number of aliphatic hydroxyl groups is 1. The van der Waals surface area contributed by atoms with Crippen molar-refractivity contribution < 1.29 is 27.8 Å². The lowest BCUT2D eigenvalue weighted by Gasteiger charge is -2.19. The highest BCUT2D eigenvalue weighted by Gasteiger charge is 2.44. The van der Waals surface area contributed by atoms with E-state index < -0.39 is 24.2 Å². The van der Waals surface area contributed by atoms with Crippen molar-refractivity contribution in [3.63, 3.8) is 0 Å². The van der Waals surface area contributed by atoms with Crippen molar-refractivity contribution in [2.24, 2.45) is 5.92 Å². The van der Waals surface area contributed by atoms with E-state index >= 15 is 0 Å². The summed E-state index contributed by atoms with van der Waals surface area (Å²) in [5, 5.41) is 8.63. The monoisotopic (exact) mass is 200 g/mol. The summed E-state index contributed by atoms with van der Waals surface area (Å²) in [7, 11) is 0. The molecule has 0 saturated heterocycles. The minimum absolute atomic E-state index is 0.00620. The number of ether oxygens (including phenoxy) is 1. The van der Waals surface area contributed by atoms with Crippen LogP contribution in [0.25, 0.3) is 0 Å². The van der Waals surface area contributed by atoms with Gasteiger partial charge in [0.2, 0.25) is 0 Å². The number of hydrogen-bond acceptors (Lipinski definition) is 3. The first-order chi connectivity index (χ1) is 5.80. The van der Waals surface area contributed by atoms with Crippen molar-refractivity contribution in [1.29, 1.82) is 0 Å². The summed E-state index contributed by atoms with van der Waals surface area (Å²) >= 11 is 0. The highest BCUT2D eigenvalue weighted by molar-refractivity contribution is 5.72. The summed E-state index contributed by atoms with van der Waals surface area (Å²) in [5.41, 5.74) is 0. The minimum atomic E-state index is -4.79. The Balaban J connectivity index is 4.25. The van der Waals surface area contributed by atoms with E-state index in [-0.39, 0.29) is 6.61 Å². The molecule has 0 aliphatic carbocycles. The first-order valence-electron chi connectivity index (χ1n) is 3.72. The summed E-state index contributed by atoms with van der Waals surface area (Å²) < 4.78 is 39.8. The molecule has 0 aromatic carbocycles. The molecule has 0 aromatic heterocycles. The third-order valence-corrected chi connectivity index (χ3v) is 1.47. The predicted molar refractivity (Wildman–Crippen MR) is 37.9 cm³/mol. The topological polar surface area (TPSA) is 46.5 Å². The Bertz CT molecular complexity index is 178. The molecule has 0 heterocycles. The summed E-state index contributed by atoms with van der Waals surface area (Å²) in [6.45, 7) is 2.44. The summed E-state index contributed by atoms with van der Waals surface area (Å²) in [4.78, 5) is 10.7. The summed E-state index contributed by atoms with van der Waals surface area (Å²) in [5.74, 6) is -2.63. The second kappa shape index (κ2) is 4.45. The molecule has 78 valence electrons. The number of hydrogen-bond donors (Lipinski definition) is 1. The molecule has 3 nitrogen and oxygen atoms in total. The Morgan fingerprint density at radius 3 is 2.31 bits per heavy atom. The molecule has 1 N–H and O–H groups in total. The molecule has 0 bridgehead atoms. The van der Waals surface area contributed by atoms with Gasteiger partial charge in [-0.25, -0.2) is 0 Å². The molecule has 0 aliphatic heterocycles. The lowest BCUT2D eigenvalue weighted by atomic mass is 10.1. The van der Waals surface area contributed by atoms with E-state index in [9.17, 15) is 18.0 Å². The van der Waals surface area contributed by atoms with Gasteiger partial charge >= 0.3 is 12.1 Å². The van der Waals surface area contributed by atoms with E-state index in [4.69, 9.17) is 5.11 Å². The molecule has 6 heteroatoms. The first kappa shape index (κ1) is 12.2. The SMILES string of the molecule is CCOC(=O)[C@H](C)C(O)C(F)(F)F. The Hall–Kier alpha value is -0.780. The lowest BCUT2D eigenvalue weighted by molar-refractivity contribution is -0.222. The molecule has 2 atom stereocenters. The van der Waals surface area contributed by atoms with Crippen LogP contribution in [0.1, 0.15) is 13.8 Å². The van der Waals surface area contributed by atoms with Crippen LogP contribution in [0.2, 0.25) is 0 Å². The number of esters is 1. The number of aliphatic hydroxyl groups excluding tert-OH is 1. The molecule has 0 aliphatic rings. The van der Waals surface area contributed by atoms with Crippen LogP contribution in [0.5, 0.6) is 0 Å². The van der Waals surface area contributed by atoms with Crippen LogP contribution < -0.4 is 0 Å². The highest BCUT2D eigenvalue weighted by Crippen LogP contribution is 2.25. The Morgan fingerprint density at radius 1 is 1.54 bits per heavy atom. The normalized spacial score (nSPS) is 16.5. The Labute approximate surface area is 73.5 Å². The average molecular weight is 200 g/mol. The number of alkyl halides is 3. The fraction of sp³-hybridized carbons (Fsp3) is 0.857. The van der Waals surface area contributed by atoms with Crippen LogP contribution in [-0.2, 0) is 9.53 Å². The van der Waals surface area contributed by atoms with Crippen LogP contribution in [0.3, 0.4) is 0 Å². The van der Waals surface area contributed by atoms with Crippen LogP contribution in [0.15, 0.2) is 0 Å².